The lowest BCUT2D eigenvalue weighted by molar-refractivity contribution is 0.560. The van der Waals surface area contributed by atoms with Crippen molar-refractivity contribution >= 4 is 10.0 Å². The first-order valence-electron chi connectivity index (χ1n) is 4.98. The SMILES string of the molecule is CC(NS(=O)(=O)c1ccn(C)c1)c1ncn[nH]1. The van der Waals surface area contributed by atoms with Crippen LogP contribution in [0.4, 0.5) is 0 Å². The third-order valence-corrected chi connectivity index (χ3v) is 3.82. The number of H-pyrrole nitrogens is 1. The fraction of sp³-hybridized carbons (Fsp3) is 0.333. The number of hydrogen-bond acceptors (Lipinski definition) is 4. The molecular weight excluding hydrogens is 242 g/mol. The zero-order valence-corrected chi connectivity index (χ0v) is 10.3. The van der Waals surface area contributed by atoms with Crippen LogP contribution < -0.4 is 4.72 Å². The average Bonchev–Trinajstić information content (AvgIpc) is 2.86. The molecule has 0 aliphatic heterocycles. The Bertz CT molecular complexity index is 587. The van der Waals surface area contributed by atoms with Crippen LogP contribution in [0.3, 0.4) is 0 Å². The molecule has 0 bridgehead atoms. The minimum Gasteiger partial charge on any atom is -0.356 e. The van der Waals surface area contributed by atoms with Gasteiger partial charge in [0.05, 0.1) is 10.9 Å². The summed E-state index contributed by atoms with van der Waals surface area (Å²) in [6.07, 6.45) is 4.55. The number of nitrogens with zero attached hydrogens (tertiary/aromatic N) is 3. The van der Waals surface area contributed by atoms with Crippen LogP contribution in [0.2, 0.25) is 0 Å². The van der Waals surface area contributed by atoms with Gasteiger partial charge in [-0.3, -0.25) is 5.10 Å². The van der Waals surface area contributed by atoms with E-state index in [1.165, 1.54) is 18.6 Å². The molecule has 0 aliphatic carbocycles. The van der Waals surface area contributed by atoms with Crippen LogP contribution in [0.15, 0.2) is 29.7 Å². The van der Waals surface area contributed by atoms with E-state index in [1.807, 2.05) is 0 Å². The molecule has 0 fully saturated rings. The molecule has 0 saturated heterocycles. The molecule has 7 nitrogen and oxygen atoms in total. The van der Waals surface area contributed by atoms with Crippen molar-refractivity contribution in [3.05, 3.63) is 30.6 Å². The maximum absolute atomic E-state index is 12.0. The highest BCUT2D eigenvalue weighted by atomic mass is 32.2. The highest BCUT2D eigenvalue weighted by Crippen LogP contribution is 2.13. The molecule has 2 N–H and O–H groups in total. The average molecular weight is 255 g/mol. The van der Waals surface area contributed by atoms with Gasteiger partial charge in [0.2, 0.25) is 10.0 Å². The summed E-state index contributed by atoms with van der Waals surface area (Å²) in [6.45, 7) is 1.70. The topological polar surface area (TPSA) is 92.7 Å². The second kappa shape index (κ2) is 4.30. The van der Waals surface area contributed by atoms with E-state index in [4.69, 9.17) is 0 Å². The Hall–Kier alpha value is -1.67. The van der Waals surface area contributed by atoms with Crippen molar-refractivity contribution in [3.8, 4) is 0 Å². The van der Waals surface area contributed by atoms with Crippen LogP contribution in [0, 0.1) is 0 Å². The van der Waals surface area contributed by atoms with Gasteiger partial charge >= 0.3 is 0 Å². The Morgan fingerprint density at radius 2 is 2.29 bits per heavy atom. The summed E-state index contributed by atoms with van der Waals surface area (Å²) in [5, 5.41) is 6.30. The molecule has 2 heterocycles. The number of aryl methyl sites for hydroxylation is 1. The minimum absolute atomic E-state index is 0.228. The van der Waals surface area contributed by atoms with E-state index in [0.717, 1.165) is 0 Å². The van der Waals surface area contributed by atoms with Crippen LogP contribution in [0.1, 0.15) is 18.8 Å². The maximum Gasteiger partial charge on any atom is 0.242 e. The molecule has 0 aliphatic rings. The largest absolute Gasteiger partial charge is 0.356 e. The van der Waals surface area contributed by atoms with Crippen LogP contribution >= 0.6 is 0 Å². The van der Waals surface area contributed by atoms with E-state index in [0.29, 0.717) is 5.82 Å². The highest BCUT2D eigenvalue weighted by Gasteiger charge is 2.20. The van der Waals surface area contributed by atoms with Crippen molar-refractivity contribution < 1.29 is 8.42 Å². The van der Waals surface area contributed by atoms with Crippen LogP contribution in [-0.4, -0.2) is 28.2 Å². The molecule has 0 amide bonds. The fourth-order valence-corrected chi connectivity index (χ4v) is 2.68. The summed E-state index contributed by atoms with van der Waals surface area (Å²) in [6, 6.07) is 1.08. The van der Waals surface area contributed by atoms with Crippen molar-refractivity contribution in [1.29, 1.82) is 0 Å². The van der Waals surface area contributed by atoms with Gasteiger partial charge in [-0.25, -0.2) is 18.1 Å². The molecule has 1 atom stereocenters. The predicted octanol–water partition coefficient (Wildman–Crippen LogP) is 0.183. The zero-order valence-electron chi connectivity index (χ0n) is 9.45. The Morgan fingerprint density at radius 1 is 1.53 bits per heavy atom. The molecule has 8 heteroatoms. The van der Waals surface area contributed by atoms with Gasteiger partial charge in [0.1, 0.15) is 12.2 Å². The lowest BCUT2D eigenvalue weighted by atomic mass is 10.3. The molecule has 0 spiro atoms. The van der Waals surface area contributed by atoms with Gasteiger partial charge in [-0.2, -0.15) is 5.10 Å². The molecule has 2 aromatic rings. The molecular formula is C9H13N5O2S. The number of hydrogen-bond donors (Lipinski definition) is 2. The fourth-order valence-electron chi connectivity index (χ4n) is 1.42. The Morgan fingerprint density at radius 3 is 2.82 bits per heavy atom. The summed E-state index contributed by atoms with van der Waals surface area (Å²) < 4.78 is 28.1. The van der Waals surface area contributed by atoms with Gasteiger partial charge in [-0.1, -0.05) is 0 Å². The summed E-state index contributed by atoms with van der Waals surface area (Å²) >= 11 is 0. The van der Waals surface area contributed by atoms with Gasteiger partial charge in [0, 0.05) is 19.4 Å². The van der Waals surface area contributed by atoms with Crippen molar-refractivity contribution in [2.24, 2.45) is 7.05 Å². The zero-order chi connectivity index (χ0) is 12.5. The number of rotatable bonds is 4. The molecule has 17 heavy (non-hydrogen) atoms. The second-order valence-electron chi connectivity index (χ2n) is 3.73. The van der Waals surface area contributed by atoms with Crippen molar-refractivity contribution in [1.82, 2.24) is 24.5 Å². The van der Waals surface area contributed by atoms with Crippen molar-refractivity contribution in [2.75, 3.05) is 0 Å². The van der Waals surface area contributed by atoms with Gasteiger partial charge in [-0.05, 0) is 13.0 Å². The Labute approximate surface area is 98.9 Å². The van der Waals surface area contributed by atoms with E-state index < -0.39 is 16.1 Å². The summed E-state index contributed by atoms with van der Waals surface area (Å²) in [7, 11) is -1.76. The molecule has 1 unspecified atom stereocenters. The molecule has 0 aromatic carbocycles. The first kappa shape index (κ1) is 11.8. The van der Waals surface area contributed by atoms with Crippen molar-refractivity contribution in [2.45, 2.75) is 17.9 Å². The standard InChI is InChI=1S/C9H13N5O2S/c1-7(9-10-6-11-12-9)13-17(15,16)8-3-4-14(2)5-8/h3-7,13H,1-2H3,(H,10,11,12). The van der Waals surface area contributed by atoms with Gasteiger partial charge in [-0.15, -0.1) is 0 Å². The first-order chi connectivity index (χ1) is 7.99. The van der Waals surface area contributed by atoms with Crippen LogP contribution in [0.5, 0.6) is 0 Å². The van der Waals surface area contributed by atoms with E-state index in [-0.39, 0.29) is 4.90 Å². The first-order valence-corrected chi connectivity index (χ1v) is 6.47. The maximum atomic E-state index is 12.0. The second-order valence-corrected chi connectivity index (χ2v) is 5.44. The number of aromatic nitrogens is 4. The smallest absolute Gasteiger partial charge is 0.242 e. The van der Waals surface area contributed by atoms with Gasteiger partial charge < -0.3 is 4.57 Å². The minimum atomic E-state index is -3.52. The molecule has 0 radical (unpaired) electrons. The molecule has 0 saturated carbocycles. The summed E-state index contributed by atoms with van der Waals surface area (Å²) in [5.41, 5.74) is 0. The normalized spacial score (nSPS) is 13.8. The number of nitrogens with one attached hydrogen (secondary N) is 2. The molecule has 92 valence electrons. The van der Waals surface area contributed by atoms with E-state index in [2.05, 4.69) is 19.9 Å². The van der Waals surface area contributed by atoms with Crippen LogP contribution in [0.25, 0.3) is 0 Å². The lowest BCUT2D eigenvalue weighted by Gasteiger charge is -2.10. The Balaban J connectivity index is 2.18. The summed E-state index contributed by atoms with van der Waals surface area (Å²) in [5.74, 6) is 0.476. The quantitative estimate of drug-likeness (QED) is 0.815. The number of sulfonamides is 1. The predicted molar refractivity (Wildman–Crippen MR) is 60.5 cm³/mol. The third kappa shape index (κ3) is 2.53. The molecule has 2 aromatic heterocycles. The van der Waals surface area contributed by atoms with Gasteiger partial charge in [0.25, 0.3) is 0 Å². The number of aromatic amines is 1. The van der Waals surface area contributed by atoms with E-state index in [1.54, 1.807) is 24.7 Å². The third-order valence-electron chi connectivity index (χ3n) is 2.29. The van der Waals surface area contributed by atoms with Crippen LogP contribution in [-0.2, 0) is 17.1 Å². The van der Waals surface area contributed by atoms with Crippen molar-refractivity contribution in [3.63, 3.8) is 0 Å². The monoisotopic (exact) mass is 255 g/mol. The van der Waals surface area contributed by atoms with E-state index in [9.17, 15) is 8.42 Å². The summed E-state index contributed by atoms with van der Waals surface area (Å²) in [4.78, 5) is 4.13. The molecule has 2 rings (SSSR count). The van der Waals surface area contributed by atoms with Gasteiger partial charge in [0.15, 0.2) is 0 Å². The lowest BCUT2D eigenvalue weighted by Crippen LogP contribution is -2.27. The Kier molecular flexibility index (Phi) is 2.99. The van der Waals surface area contributed by atoms with E-state index >= 15 is 0 Å². The highest BCUT2D eigenvalue weighted by molar-refractivity contribution is 7.89.